The van der Waals surface area contributed by atoms with E-state index in [-0.39, 0.29) is 24.0 Å². The number of methoxy groups -OCH3 is 1. The van der Waals surface area contributed by atoms with Crippen molar-refractivity contribution in [2.24, 2.45) is 0 Å². The molecule has 3 rings (SSSR count). The van der Waals surface area contributed by atoms with Gasteiger partial charge in [0.2, 0.25) is 5.95 Å². The minimum absolute atomic E-state index is 0.0916. The molecule has 1 atom stereocenters. The molecule has 1 heterocycles. The smallest absolute Gasteiger partial charge is 0.296 e. The Morgan fingerprint density at radius 2 is 1.93 bits per heavy atom. The third-order valence-electron chi connectivity index (χ3n) is 4.11. The minimum Gasteiger partial charge on any atom is -0.496 e. The van der Waals surface area contributed by atoms with Gasteiger partial charge in [0.25, 0.3) is 5.69 Å². The predicted octanol–water partition coefficient (Wildman–Crippen LogP) is 3.60. The maximum absolute atomic E-state index is 11.5. The van der Waals surface area contributed by atoms with Crippen LogP contribution >= 0.6 is 0 Å². The van der Waals surface area contributed by atoms with Crippen LogP contribution in [0.25, 0.3) is 11.3 Å². The maximum Gasteiger partial charge on any atom is 0.296 e. The molecule has 29 heavy (non-hydrogen) atoms. The van der Waals surface area contributed by atoms with Crippen LogP contribution in [-0.4, -0.2) is 39.8 Å². The molecule has 0 fully saturated rings. The summed E-state index contributed by atoms with van der Waals surface area (Å²) in [5, 5.41) is 26.8. The molecule has 0 amide bonds. The number of nitrogens with zero attached hydrogens (tertiary/aromatic N) is 3. The quantitative estimate of drug-likeness (QED) is 0.391. The molecule has 0 aliphatic rings. The van der Waals surface area contributed by atoms with Crippen molar-refractivity contribution in [3.05, 3.63) is 64.7 Å². The van der Waals surface area contributed by atoms with Gasteiger partial charge < -0.3 is 20.5 Å². The fourth-order valence-electron chi connectivity index (χ4n) is 2.63. The zero-order valence-corrected chi connectivity index (χ0v) is 16.0. The van der Waals surface area contributed by atoms with Gasteiger partial charge in [0.15, 0.2) is 0 Å². The highest BCUT2D eigenvalue weighted by Crippen LogP contribution is 2.32. The summed E-state index contributed by atoms with van der Waals surface area (Å²) in [6, 6.07) is 15.5. The normalized spacial score (nSPS) is 11.6. The lowest BCUT2D eigenvalue weighted by molar-refractivity contribution is -0.384. The standard InChI is InChI=1S/C20H21N5O4/c1-13(12-26)21-20-23-17(14-6-4-3-5-7-14)11-19(24-20)22-16-9-8-15(29-2)10-18(16)25(27)28/h3-11,13,26H,12H2,1-2H3,(H2,21,22,23,24)/t13-/m1/s1. The summed E-state index contributed by atoms with van der Waals surface area (Å²) >= 11 is 0. The van der Waals surface area contributed by atoms with Gasteiger partial charge in [-0.05, 0) is 19.1 Å². The Hall–Kier alpha value is -3.72. The van der Waals surface area contributed by atoms with E-state index in [1.54, 1.807) is 25.1 Å². The van der Waals surface area contributed by atoms with Crippen molar-refractivity contribution in [3.8, 4) is 17.0 Å². The average Bonchev–Trinajstić information content (AvgIpc) is 2.74. The number of aliphatic hydroxyl groups is 1. The molecule has 0 unspecified atom stereocenters. The van der Waals surface area contributed by atoms with Crippen molar-refractivity contribution < 1.29 is 14.8 Å². The molecule has 0 saturated carbocycles. The number of ether oxygens (including phenoxy) is 1. The van der Waals surface area contributed by atoms with E-state index in [2.05, 4.69) is 20.6 Å². The van der Waals surface area contributed by atoms with Gasteiger partial charge in [0, 0.05) is 17.7 Å². The molecular formula is C20H21N5O4. The Morgan fingerprint density at radius 1 is 1.17 bits per heavy atom. The van der Waals surface area contributed by atoms with Crippen molar-refractivity contribution in [2.45, 2.75) is 13.0 Å². The summed E-state index contributed by atoms with van der Waals surface area (Å²) < 4.78 is 5.07. The number of hydrogen-bond donors (Lipinski definition) is 3. The summed E-state index contributed by atoms with van der Waals surface area (Å²) in [6.45, 7) is 1.70. The number of hydrogen-bond acceptors (Lipinski definition) is 8. The lowest BCUT2D eigenvalue weighted by atomic mass is 10.1. The Bertz CT molecular complexity index is 997. The second-order valence-electron chi connectivity index (χ2n) is 6.32. The Kier molecular flexibility index (Phi) is 6.20. The average molecular weight is 395 g/mol. The second kappa shape index (κ2) is 8.98. The van der Waals surface area contributed by atoms with Crippen LogP contribution in [0.3, 0.4) is 0 Å². The highest BCUT2D eigenvalue weighted by Gasteiger charge is 2.17. The van der Waals surface area contributed by atoms with Crippen molar-refractivity contribution in [1.29, 1.82) is 0 Å². The first kappa shape index (κ1) is 20.0. The first-order chi connectivity index (χ1) is 14.0. The van der Waals surface area contributed by atoms with Gasteiger partial charge in [-0.1, -0.05) is 30.3 Å². The van der Waals surface area contributed by atoms with Crippen LogP contribution in [0.15, 0.2) is 54.6 Å². The fraction of sp³-hybridized carbons (Fsp3) is 0.200. The first-order valence-corrected chi connectivity index (χ1v) is 8.91. The summed E-state index contributed by atoms with van der Waals surface area (Å²) in [7, 11) is 1.45. The van der Waals surface area contributed by atoms with E-state index in [0.717, 1.165) is 5.56 Å². The van der Waals surface area contributed by atoms with Crippen molar-refractivity contribution in [3.63, 3.8) is 0 Å². The van der Waals surface area contributed by atoms with Crippen LogP contribution in [-0.2, 0) is 0 Å². The van der Waals surface area contributed by atoms with Crippen molar-refractivity contribution >= 4 is 23.1 Å². The van der Waals surface area contributed by atoms with E-state index >= 15 is 0 Å². The molecular weight excluding hydrogens is 374 g/mol. The number of nitro groups is 1. The van der Waals surface area contributed by atoms with E-state index in [1.165, 1.54) is 13.2 Å². The predicted molar refractivity (Wildman–Crippen MR) is 111 cm³/mol. The van der Waals surface area contributed by atoms with E-state index in [0.29, 0.717) is 23.2 Å². The van der Waals surface area contributed by atoms with Crippen LogP contribution in [0, 0.1) is 10.1 Å². The Morgan fingerprint density at radius 3 is 2.59 bits per heavy atom. The van der Waals surface area contributed by atoms with Crippen molar-refractivity contribution in [1.82, 2.24) is 9.97 Å². The third kappa shape index (κ3) is 4.96. The molecule has 0 spiro atoms. The lowest BCUT2D eigenvalue weighted by Crippen LogP contribution is -2.21. The van der Waals surface area contributed by atoms with Gasteiger partial charge >= 0.3 is 0 Å². The molecule has 0 aliphatic carbocycles. The van der Waals surface area contributed by atoms with Gasteiger partial charge in [-0.25, -0.2) is 4.98 Å². The molecule has 3 N–H and O–H groups in total. The van der Waals surface area contributed by atoms with Crippen molar-refractivity contribution in [2.75, 3.05) is 24.4 Å². The molecule has 9 nitrogen and oxygen atoms in total. The number of aromatic nitrogens is 2. The summed E-state index contributed by atoms with van der Waals surface area (Å²) in [5.74, 6) is 1.06. The number of benzene rings is 2. The Balaban J connectivity index is 2.02. The van der Waals surface area contributed by atoms with Crippen LogP contribution in [0.5, 0.6) is 5.75 Å². The van der Waals surface area contributed by atoms with E-state index < -0.39 is 4.92 Å². The van der Waals surface area contributed by atoms with E-state index in [1.807, 2.05) is 30.3 Å². The highest BCUT2D eigenvalue weighted by molar-refractivity contribution is 5.72. The highest BCUT2D eigenvalue weighted by atomic mass is 16.6. The minimum atomic E-state index is -0.489. The number of aliphatic hydroxyl groups excluding tert-OH is 1. The van der Waals surface area contributed by atoms with E-state index in [4.69, 9.17) is 4.74 Å². The fourth-order valence-corrected chi connectivity index (χ4v) is 2.63. The first-order valence-electron chi connectivity index (χ1n) is 8.91. The second-order valence-corrected chi connectivity index (χ2v) is 6.32. The third-order valence-corrected chi connectivity index (χ3v) is 4.11. The number of nitro benzene ring substituents is 1. The Labute approximate surface area is 167 Å². The van der Waals surface area contributed by atoms with E-state index in [9.17, 15) is 15.2 Å². The molecule has 0 saturated heterocycles. The molecule has 2 aromatic carbocycles. The molecule has 0 radical (unpaired) electrons. The largest absolute Gasteiger partial charge is 0.496 e. The number of rotatable bonds is 8. The zero-order chi connectivity index (χ0) is 20.8. The summed E-state index contributed by atoms with van der Waals surface area (Å²) in [6.07, 6.45) is 0. The molecule has 0 bridgehead atoms. The molecule has 150 valence electrons. The van der Waals surface area contributed by atoms with Crippen LogP contribution < -0.4 is 15.4 Å². The lowest BCUT2D eigenvalue weighted by Gasteiger charge is -2.14. The molecule has 3 aromatic rings. The molecule has 1 aromatic heterocycles. The SMILES string of the molecule is COc1ccc(Nc2cc(-c3ccccc3)nc(N[C@H](C)CO)n2)c([N+](=O)[O-])c1. The van der Waals surface area contributed by atoms with Crippen LogP contribution in [0.4, 0.5) is 23.1 Å². The summed E-state index contributed by atoms with van der Waals surface area (Å²) in [4.78, 5) is 19.8. The van der Waals surface area contributed by atoms with Gasteiger partial charge in [-0.15, -0.1) is 0 Å². The van der Waals surface area contributed by atoms with Gasteiger partial charge in [0.1, 0.15) is 17.3 Å². The van der Waals surface area contributed by atoms with Gasteiger partial charge in [-0.2, -0.15) is 4.98 Å². The molecule has 9 heteroatoms. The molecule has 0 aliphatic heterocycles. The van der Waals surface area contributed by atoms with Gasteiger partial charge in [0.05, 0.1) is 30.4 Å². The monoisotopic (exact) mass is 395 g/mol. The topological polar surface area (TPSA) is 122 Å². The summed E-state index contributed by atoms with van der Waals surface area (Å²) in [5.41, 5.74) is 1.63. The zero-order valence-electron chi connectivity index (χ0n) is 16.0. The number of nitrogens with one attached hydrogen (secondary N) is 2. The van der Waals surface area contributed by atoms with Gasteiger partial charge in [-0.3, -0.25) is 10.1 Å². The van der Waals surface area contributed by atoms with Crippen LogP contribution in [0.1, 0.15) is 6.92 Å². The maximum atomic E-state index is 11.5. The van der Waals surface area contributed by atoms with Crippen LogP contribution in [0.2, 0.25) is 0 Å². The number of anilines is 3.